The maximum Gasteiger partial charge on any atom is 0.271 e. The van der Waals surface area contributed by atoms with E-state index in [0.29, 0.717) is 16.2 Å². The highest BCUT2D eigenvalue weighted by Crippen LogP contribution is 2.22. The largest absolute Gasteiger partial charge is 0.544 e. The molecule has 126 valence electrons. The molecule has 1 amide bonds. The van der Waals surface area contributed by atoms with Gasteiger partial charge in [-0.1, -0.05) is 32.9 Å². The highest BCUT2D eigenvalue weighted by atomic mass is 32.1. The lowest BCUT2D eigenvalue weighted by Gasteiger charge is -2.18. The summed E-state index contributed by atoms with van der Waals surface area (Å²) in [5.41, 5.74) is 4.71. The van der Waals surface area contributed by atoms with Gasteiger partial charge in [0, 0.05) is 5.56 Å². The molecule has 1 heterocycles. The molecule has 0 aliphatic heterocycles. The van der Waals surface area contributed by atoms with Crippen molar-refractivity contribution in [2.45, 2.75) is 33.1 Å². The Morgan fingerprint density at radius 2 is 1.62 bits per heavy atom. The number of benzene rings is 1. The highest BCUT2D eigenvalue weighted by molar-refractivity contribution is 7.15. The number of carbonyl (C=O) groups excluding carboxylic acids is 2. The average molecular weight is 343 g/mol. The predicted molar refractivity (Wildman–Crippen MR) is 93.5 cm³/mol. The van der Waals surface area contributed by atoms with Crippen LogP contribution in [0.3, 0.4) is 0 Å². The number of thiophene rings is 1. The number of hydrazone groups is 1. The van der Waals surface area contributed by atoms with E-state index < -0.39 is 5.97 Å². The predicted octanol–water partition coefficient (Wildman–Crippen LogP) is 2.56. The molecule has 0 unspecified atom stereocenters. The number of nitrogens with one attached hydrogen (secondary N) is 1. The zero-order valence-corrected chi connectivity index (χ0v) is 14.9. The van der Waals surface area contributed by atoms with Crippen LogP contribution in [0, 0.1) is 0 Å². The van der Waals surface area contributed by atoms with E-state index in [1.165, 1.54) is 6.07 Å². The van der Waals surface area contributed by atoms with Crippen molar-refractivity contribution >= 4 is 28.9 Å². The van der Waals surface area contributed by atoms with Crippen molar-refractivity contribution in [1.29, 1.82) is 0 Å². The maximum absolute atomic E-state index is 12.1. The van der Waals surface area contributed by atoms with Crippen LogP contribution >= 0.6 is 11.3 Å². The number of rotatable bonds is 4. The number of carboxylic acids is 1. The van der Waals surface area contributed by atoms with E-state index in [1.54, 1.807) is 25.1 Å². The van der Waals surface area contributed by atoms with E-state index in [2.05, 4.69) is 31.3 Å². The maximum atomic E-state index is 12.1. The molecule has 1 aromatic carbocycles. The standard InChI is InChI=1S/C18H20N2O3S/c1-11(14-9-10-15(24-14)17(22)23)19-20-16(21)12-5-7-13(8-6-12)18(2,3)4/h5-10H,1-4H3,(H,20,21)(H,22,23)/p-1/b19-11-. The van der Waals surface area contributed by atoms with Crippen molar-refractivity contribution in [3.05, 3.63) is 57.3 Å². The van der Waals surface area contributed by atoms with Gasteiger partial charge in [-0.2, -0.15) is 5.10 Å². The lowest BCUT2D eigenvalue weighted by Crippen LogP contribution is -2.20. The molecule has 0 saturated carbocycles. The van der Waals surface area contributed by atoms with Crippen LogP contribution < -0.4 is 10.5 Å². The summed E-state index contributed by atoms with van der Waals surface area (Å²) < 4.78 is 0. The van der Waals surface area contributed by atoms with Gasteiger partial charge in [0.1, 0.15) is 0 Å². The quantitative estimate of drug-likeness (QED) is 0.684. The van der Waals surface area contributed by atoms with Crippen molar-refractivity contribution in [1.82, 2.24) is 5.43 Å². The molecule has 1 aromatic heterocycles. The van der Waals surface area contributed by atoms with Crippen LogP contribution in [0.4, 0.5) is 0 Å². The monoisotopic (exact) mass is 343 g/mol. The van der Waals surface area contributed by atoms with E-state index in [4.69, 9.17) is 0 Å². The Labute approximate surface area is 145 Å². The van der Waals surface area contributed by atoms with Gasteiger partial charge in [-0.15, -0.1) is 11.3 Å². The SMILES string of the molecule is C/C(=N/NC(=O)c1ccc(C(C)(C)C)cc1)c1ccc(C(=O)[O-])s1. The summed E-state index contributed by atoms with van der Waals surface area (Å²) in [6.45, 7) is 8.03. The highest BCUT2D eigenvalue weighted by Gasteiger charge is 2.14. The molecule has 0 radical (unpaired) electrons. The molecule has 0 spiro atoms. The molecule has 0 aliphatic carbocycles. The fourth-order valence-corrected chi connectivity index (χ4v) is 2.80. The Bertz CT molecular complexity index is 783. The summed E-state index contributed by atoms with van der Waals surface area (Å²) in [7, 11) is 0. The fourth-order valence-electron chi connectivity index (χ4n) is 2.02. The fraction of sp³-hybridized carbons (Fsp3) is 0.278. The van der Waals surface area contributed by atoms with Gasteiger partial charge in [0.25, 0.3) is 5.91 Å². The molecule has 24 heavy (non-hydrogen) atoms. The molecule has 2 rings (SSSR count). The molecule has 0 aliphatic rings. The van der Waals surface area contributed by atoms with Gasteiger partial charge in [0.05, 0.1) is 21.4 Å². The summed E-state index contributed by atoms with van der Waals surface area (Å²) in [5.74, 6) is -1.53. The van der Waals surface area contributed by atoms with Crippen LogP contribution in [0.1, 0.15) is 58.2 Å². The summed E-state index contributed by atoms with van der Waals surface area (Å²) >= 11 is 1.06. The zero-order chi connectivity index (χ0) is 17.9. The van der Waals surface area contributed by atoms with Crippen LogP contribution in [-0.2, 0) is 5.41 Å². The van der Waals surface area contributed by atoms with Gasteiger partial charge < -0.3 is 9.90 Å². The number of nitrogens with zero attached hydrogens (tertiary/aromatic N) is 1. The first-order valence-corrected chi connectivity index (χ1v) is 8.27. The first-order valence-electron chi connectivity index (χ1n) is 7.45. The molecule has 2 aromatic rings. The Hall–Kier alpha value is -2.47. The Kier molecular flexibility index (Phi) is 5.19. The van der Waals surface area contributed by atoms with Crippen molar-refractivity contribution < 1.29 is 14.7 Å². The molecular formula is C18H19N2O3S-. The van der Waals surface area contributed by atoms with E-state index in [-0.39, 0.29) is 16.2 Å². The van der Waals surface area contributed by atoms with Gasteiger partial charge in [0.2, 0.25) is 0 Å². The molecule has 0 atom stereocenters. The third kappa shape index (κ3) is 4.29. The Balaban J connectivity index is 2.07. The van der Waals surface area contributed by atoms with Crippen LogP contribution in [0.5, 0.6) is 0 Å². The van der Waals surface area contributed by atoms with Crippen LogP contribution in [0.15, 0.2) is 41.5 Å². The molecule has 6 heteroatoms. The molecule has 0 fully saturated rings. The van der Waals surface area contributed by atoms with E-state index in [1.807, 2.05) is 12.1 Å². The minimum Gasteiger partial charge on any atom is -0.544 e. The van der Waals surface area contributed by atoms with Gasteiger partial charge in [-0.05, 0) is 42.2 Å². The number of carbonyl (C=O) groups is 2. The van der Waals surface area contributed by atoms with Crippen molar-refractivity contribution in [3.8, 4) is 0 Å². The van der Waals surface area contributed by atoms with Crippen LogP contribution in [0.25, 0.3) is 0 Å². The second-order valence-corrected chi connectivity index (χ2v) is 7.50. The summed E-state index contributed by atoms with van der Waals surface area (Å²) in [5, 5.41) is 14.8. The van der Waals surface area contributed by atoms with Gasteiger partial charge in [-0.25, -0.2) is 5.43 Å². The average Bonchev–Trinajstić information content (AvgIpc) is 3.02. The van der Waals surface area contributed by atoms with Crippen LogP contribution in [0.2, 0.25) is 0 Å². The molecule has 0 bridgehead atoms. The topological polar surface area (TPSA) is 81.6 Å². The second-order valence-electron chi connectivity index (χ2n) is 6.42. The van der Waals surface area contributed by atoms with Gasteiger partial charge >= 0.3 is 0 Å². The number of aromatic carboxylic acids is 1. The number of hydrogen-bond acceptors (Lipinski definition) is 5. The minimum absolute atomic E-state index is 0.0274. The molecule has 0 saturated heterocycles. The normalized spacial score (nSPS) is 12.1. The number of amides is 1. The molecule has 1 N–H and O–H groups in total. The third-order valence-corrected chi connectivity index (χ3v) is 4.68. The van der Waals surface area contributed by atoms with E-state index >= 15 is 0 Å². The molecule has 5 nitrogen and oxygen atoms in total. The van der Waals surface area contributed by atoms with Crippen molar-refractivity contribution in [3.63, 3.8) is 0 Å². The summed E-state index contributed by atoms with van der Waals surface area (Å²) in [6, 6.07) is 10.5. The minimum atomic E-state index is -1.22. The molecular weight excluding hydrogens is 324 g/mol. The zero-order valence-electron chi connectivity index (χ0n) is 14.0. The lowest BCUT2D eigenvalue weighted by molar-refractivity contribution is -0.254. The van der Waals surface area contributed by atoms with Gasteiger partial charge in [0.15, 0.2) is 0 Å². The first kappa shape index (κ1) is 17.9. The van der Waals surface area contributed by atoms with Crippen molar-refractivity contribution in [2.24, 2.45) is 5.10 Å². The second kappa shape index (κ2) is 6.97. The first-order chi connectivity index (χ1) is 11.2. The van der Waals surface area contributed by atoms with E-state index in [9.17, 15) is 14.7 Å². The lowest BCUT2D eigenvalue weighted by atomic mass is 9.87. The smallest absolute Gasteiger partial charge is 0.271 e. The summed E-state index contributed by atoms with van der Waals surface area (Å²) in [4.78, 5) is 23.7. The summed E-state index contributed by atoms with van der Waals surface area (Å²) in [6.07, 6.45) is 0. The number of carboxylic acid groups (broad SMARTS) is 1. The van der Waals surface area contributed by atoms with Crippen LogP contribution in [-0.4, -0.2) is 17.6 Å². The third-order valence-electron chi connectivity index (χ3n) is 3.50. The van der Waals surface area contributed by atoms with Gasteiger partial charge in [-0.3, -0.25) is 4.79 Å². The Morgan fingerprint density at radius 3 is 2.12 bits per heavy atom. The Morgan fingerprint density at radius 1 is 1.04 bits per heavy atom. The van der Waals surface area contributed by atoms with Crippen molar-refractivity contribution in [2.75, 3.05) is 0 Å². The van der Waals surface area contributed by atoms with E-state index in [0.717, 1.165) is 16.9 Å². The number of hydrogen-bond donors (Lipinski definition) is 1.